The van der Waals surface area contributed by atoms with E-state index in [0.717, 1.165) is 25.7 Å². The van der Waals surface area contributed by atoms with Crippen LogP contribution in [0.15, 0.2) is 0 Å². The standard InChI is InChI=1S/C10H20N2O.2ClH/c1-9-8-12(6-7-13-9)10-2-4-11-5-3-10;;/h9-11H,2-8H2,1H3;2*1H. The summed E-state index contributed by atoms with van der Waals surface area (Å²) in [6, 6.07) is 0.813. The summed E-state index contributed by atoms with van der Waals surface area (Å²) in [5, 5.41) is 3.41. The molecule has 0 aliphatic carbocycles. The lowest BCUT2D eigenvalue weighted by atomic mass is 10.0. The van der Waals surface area contributed by atoms with Gasteiger partial charge in [-0.1, -0.05) is 0 Å². The third-order valence-electron chi connectivity index (χ3n) is 3.10. The SMILES string of the molecule is CC1CN(C2CCNCC2)CCO1.Cl.Cl. The number of nitrogens with zero attached hydrogens (tertiary/aromatic N) is 1. The fourth-order valence-corrected chi connectivity index (χ4v) is 2.35. The molecule has 5 heteroatoms. The highest BCUT2D eigenvalue weighted by Crippen LogP contribution is 2.15. The Morgan fingerprint density at radius 3 is 2.47 bits per heavy atom. The Hall–Kier alpha value is 0.460. The fraction of sp³-hybridized carbons (Fsp3) is 1.00. The van der Waals surface area contributed by atoms with E-state index in [0.29, 0.717) is 6.10 Å². The second-order valence-corrected chi connectivity index (χ2v) is 4.16. The number of ether oxygens (including phenoxy) is 1. The molecule has 15 heavy (non-hydrogen) atoms. The van der Waals surface area contributed by atoms with Crippen molar-refractivity contribution in [1.82, 2.24) is 10.2 Å². The first-order chi connectivity index (χ1) is 6.36. The normalized spacial score (nSPS) is 29.0. The minimum absolute atomic E-state index is 0. The predicted octanol–water partition coefficient (Wildman–Crippen LogP) is 1.30. The first-order valence-electron chi connectivity index (χ1n) is 5.42. The summed E-state index contributed by atoms with van der Waals surface area (Å²) in [5.41, 5.74) is 0. The van der Waals surface area contributed by atoms with Crippen molar-refractivity contribution in [2.45, 2.75) is 31.9 Å². The van der Waals surface area contributed by atoms with Gasteiger partial charge in [-0.05, 0) is 32.9 Å². The van der Waals surface area contributed by atoms with Crippen molar-refractivity contribution in [2.24, 2.45) is 0 Å². The van der Waals surface area contributed by atoms with E-state index in [1.165, 1.54) is 25.9 Å². The minimum atomic E-state index is 0. The molecule has 0 aromatic rings. The van der Waals surface area contributed by atoms with Gasteiger partial charge in [0.2, 0.25) is 0 Å². The molecule has 2 aliphatic rings. The molecule has 1 atom stereocenters. The maximum absolute atomic E-state index is 5.54. The number of hydrogen-bond donors (Lipinski definition) is 1. The molecule has 0 amide bonds. The molecule has 1 N–H and O–H groups in total. The molecule has 1 unspecified atom stereocenters. The molecule has 2 fully saturated rings. The smallest absolute Gasteiger partial charge is 0.0674 e. The molecular weight excluding hydrogens is 235 g/mol. The Balaban J connectivity index is 0.000000980. The van der Waals surface area contributed by atoms with E-state index in [-0.39, 0.29) is 24.8 Å². The first-order valence-corrected chi connectivity index (χ1v) is 5.42. The summed E-state index contributed by atoms with van der Waals surface area (Å²) >= 11 is 0. The Bertz CT molecular complexity index is 166. The third-order valence-corrected chi connectivity index (χ3v) is 3.10. The monoisotopic (exact) mass is 256 g/mol. The molecule has 0 spiro atoms. The lowest BCUT2D eigenvalue weighted by Crippen LogP contribution is -2.50. The van der Waals surface area contributed by atoms with Crippen LogP contribution in [0.1, 0.15) is 19.8 Å². The van der Waals surface area contributed by atoms with Crippen molar-refractivity contribution in [3.63, 3.8) is 0 Å². The fourth-order valence-electron chi connectivity index (χ4n) is 2.35. The van der Waals surface area contributed by atoms with E-state index in [1.807, 2.05) is 0 Å². The second kappa shape index (κ2) is 7.69. The summed E-state index contributed by atoms with van der Waals surface area (Å²) in [6.07, 6.45) is 3.06. The van der Waals surface area contributed by atoms with Crippen LogP contribution in [0.4, 0.5) is 0 Å². The summed E-state index contributed by atoms with van der Waals surface area (Å²) in [4.78, 5) is 2.61. The van der Waals surface area contributed by atoms with Gasteiger partial charge < -0.3 is 10.1 Å². The second-order valence-electron chi connectivity index (χ2n) is 4.16. The van der Waals surface area contributed by atoms with Gasteiger partial charge >= 0.3 is 0 Å². The van der Waals surface area contributed by atoms with Gasteiger partial charge in [0, 0.05) is 19.1 Å². The van der Waals surface area contributed by atoms with Crippen molar-refractivity contribution in [1.29, 1.82) is 0 Å². The Morgan fingerprint density at radius 2 is 1.87 bits per heavy atom. The van der Waals surface area contributed by atoms with Gasteiger partial charge in [0.15, 0.2) is 0 Å². The van der Waals surface area contributed by atoms with Gasteiger partial charge in [0.05, 0.1) is 12.7 Å². The maximum Gasteiger partial charge on any atom is 0.0674 e. The van der Waals surface area contributed by atoms with Gasteiger partial charge in [-0.25, -0.2) is 0 Å². The first kappa shape index (κ1) is 15.5. The summed E-state index contributed by atoms with van der Waals surface area (Å²) in [5.74, 6) is 0. The number of hydrogen-bond acceptors (Lipinski definition) is 3. The molecule has 2 rings (SSSR count). The number of rotatable bonds is 1. The molecule has 92 valence electrons. The predicted molar refractivity (Wildman–Crippen MR) is 67.4 cm³/mol. The van der Waals surface area contributed by atoms with E-state index in [9.17, 15) is 0 Å². The largest absolute Gasteiger partial charge is 0.376 e. The quantitative estimate of drug-likeness (QED) is 0.766. The molecule has 0 bridgehead atoms. The van der Waals surface area contributed by atoms with Crippen LogP contribution < -0.4 is 5.32 Å². The maximum atomic E-state index is 5.54. The lowest BCUT2D eigenvalue weighted by Gasteiger charge is -2.39. The molecule has 2 heterocycles. The molecule has 3 nitrogen and oxygen atoms in total. The van der Waals surface area contributed by atoms with E-state index >= 15 is 0 Å². The molecule has 0 aromatic carbocycles. The zero-order chi connectivity index (χ0) is 9.10. The summed E-state index contributed by atoms with van der Waals surface area (Å²) in [6.45, 7) is 7.74. The van der Waals surface area contributed by atoms with E-state index < -0.39 is 0 Å². The average molecular weight is 257 g/mol. The Kier molecular flexibility index (Phi) is 7.92. The van der Waals surface area contributed by atoms with Gasteiger partial charge in [-0.2, -0.15) is 0 Å². The number of nitrogens with one attached hydrogen (secondary N) is 1. The van der Waals surface area contributed by atoms with Gasteiger partial charge in [-0.3, -0.25) is 4.90 Å². The van der Waals surface area contributed by atoms with Crippen LogP contribution in [0.25, 0.3) is 0 Å². The van der Waals surface area contributed by atoms with Crippen LogP contribution in [0, 0.1) is 0 Å². The number of piperidine rings is 1. The van der Waals surface area contributed by atoms with E-state index in [1.54, 1.807) is 0 Å². The summed E-state index contributed by atoms with van der Waals surface area (Å²) < 4.78 is 5.54. The number of halogens is 2. The van der Waals surface area contributed by atoms with Crippen LogP contribution in [0.3, 0.4) is 0 Å². The van der Waals surface area contributed by atoms with E-state index in [4.69, 9.17) is 4.74 Å². The Morgan fingerprint density at radius 1 is 1.20 bits per heavy atom. The number of morpholine rings is 1. The summed E-state index contributed by atoms with van der Waals surface area (Å²) in [7, 11) is 0. The molecule has 0 radical (unpaired) electrons. The van der Waals surface area contributed by atoms with Gasteiger partial charge in [0.1, 0.15) is 0 Å². The van der Waals surface area contributed by atoms with Crippen molar-refractivity contribution in [3.05, 3.63) is 0 Å². The molecule has 0 aromatic heterocycles. The van der Waals surface area contributed by atoms with Gasteiger partial charge in [0.25, 0.3) is 0 Å². The van der Waals surface area contributed by atoms with Crippen LogP contribution in [0.2, 0.25) is 0 Å². The van der Waals surface area contributed by atoms with Crippen LogP contribution in [-0.2, 0) is 4.74 Å². The van der Waals surface area contributed by atoms with E-state index in [2.05, 4.69) is 17.1 Å². The highest BCUT2D eigenvalue weighted by molar-refractivity contribution is 5.85. The Labute approximate surface area is 105 Å². The van der Waals surface area contributed by atoms with Crippen molar-refractivity contribution < 1.29 is 4.74 Å². The van der Waals surface area contributed by atoms with Crippen molar-refractivity contribution in [2.75, 3.05) is 32.8 Å². The highest BCUT2D eigenvalue weighted by Gasteiger charge is 2.25. The van der Waals surface area contributed by atoms with Crippen molar-refractivity contribution >= 4 is 24.8 Å². The van der Waals surface area contributed by atoms with Crippen LogP contribution >= 0.6 is 24.8 Å². The van der Waals surface area contributed by atoms with Crippen LogP contribution in [0.5, 0.6) is 0 Å². The molecular formula is C10H22Cl2N2O. The van der Waals surface area contributed by atoms with Gasteiger partial charge in [-0.15, -0.1) is 24.8 Å². The molecule has 0 saturated carbocycles. The minimum Gasteiger partial charge on any atom is -0.376 e. The highest BCUT2D eigenvalue weighted by atomic mass is 35.5. The zero-order valence-electron chi connectivity index (χ0n) is 9.28. The average Bonchev–Trinajstić information content (AvgIpc) is 2.19. The third kappa shape index (κ3) is 4.45. The molecule has 2 aliphatic heterocycles. The van der Waals surface area contributed by atoms with Crippen molar-refractivity contribution in [3.8, 4) is 0 Å². The topological polar surface area (TPSA) is 24.5 Å². The zero-order valence-corrected chi connectivity index (χ0v) is 10.9. The van der Waals surface area contributed by atoms with Crippen LogP contribution in [-0.4, -0.2) is 49.8 Å². The molecule has 2 saturated heterocycles. The lowest BCUT2D eigenvalue weighted by molar-refractivity contribution is -0.0382.